The number of ether oxygens (including phenoxy) is 1. The summed E-state index contributed by atoms with van der Waals surface area (Å²) in [6.45, 7) is 3.64. The van der Waals surface area contributed by atoms with Gasteiger partial charge in [-0.25, -0.2) is 4.79 Å². The zero-order chi connectivity index (χ0) is 20.3. The molecular formula is C21H20N2O5. The molecule has 1 N–H and O–H groups in total. The number of para-hydroxylation sites is 1. The average Bonchev–Trinajstić information content (AvgIpc) is 2.66. The number of aryl methyl sites for hydroxylation is 1. The Morgan fingerprint density at radius 1 is 1.18 bits per heavy atom. The minimum atomic E-state index is -0.735. The van der Waals surface area contributed by atoms with Gasteiger partial charge in [0.25, 0.3) is 5.69 Å². The lowest BCUT2D eigenvalue weighted by molar-refractivity contribution is -0.385. The molecule has 0 spiro atoms. The summed E-state index contributed by atoms with van der Waals surface area (Å²) < 4.78 is 5.45. The molecule has 0 unspecified atom stereocenters. The maximum Gasteiger partial charge on any atom is 0.336 e. The Kier molecular flexibility index (Phi) is 5.54. The minimum Gasteiger partial charge on any atom is -0.457 e. The fraction of sp³-hybridized carbons (Fsp3) is 0.238. The first kappa shape index (κ1) is 19.3. The second kappa shape index (κ2) is 8.04. The van der Waals surface area contributed by atoms with E-state index in [4.69, 9.17) is 4.74 Å². The molecule has 1 amide bonds. The molecule has 1 heterocycles. The molecule has 1 atom stereocenters. The summed E-state index contributed by atoms with van der Waals surface area (Å²) in [6.07, 6.45) is -0.0584. The van der Waals surface area contributed by atoms with Gasteiger partial charge in [0.15, 0.2) is 0 Å². The number of nitro groups is 1. The van der Waals surface area contributed by atoms with Gasteiger partial charge < -0.3 is 10.1 Å². The van der Waals surface area contributed by atoms with Gasteiger partial charge in [-0.05, 0) is 19.4 Å². The molecule has 0 aromatic heterocycles. The van der Waals surface area contributed by atoms with E-state index in [0.29, 0.717) is 11.3 Å². The van der Waals surface area contributed by atoms with Gasteiger partial charge in [0.1, 0.15) is 6.61 Å². The summed E-state index contributed by atoms with van der Waals surface area (Å²) in [5, 5.41) is 14.0. The topological polar surface area (TPSA) is 98.5 Å². The number of allylic oxidation sites excluding steroid dienone is 1. The first-order valence-corrected chi connectivity index (χ1v) is 8.83. The summed E-state index contributed by atoms with van der Waals surface area (Å²) in [5.74, 6) is -1.63. The number of rotatable bonds is 5. The Hall–Kier alpha value is -3.48. The van der Waals surface area contributed by atoms with Crippen LogP contribution in [0.2, 0.25) is 0 Å². The van der Waals surface area contributed by atoms with Gasteiger partial charge in [-0.15, -0.1) is 0 Å². The zero-order valence-corrected chi connectivity index (χ0v) is 15.6. The molecule has 3 rings (SSSR count). The summed E-state index contributed by atoms with van der Waals surface area (Å²) in [5.41, 5.74) is 2.72. The van der Waals surface area contributed by atoms with Crippen molar-refractivity contribution in [2.45, 2.75) is 32.8 Å². The quantitative estimate of drug-likeness (QED) is 0.486. The number of nitrogens with one attached hydrogen (secondary N) is 1. The highest BCUT2D eigenvalue weighted by atomic mass is 16.6. The van der Waals surface area contributed by atoms with Crippen molar-refractivity contribution in [3.63, 3.8) is 0 Å². The average molecular weight is 380 g/mol. The van der Waals surface area contributed by atoms with Crippen LogP contribution in [0.3, 0.4) is 0 Å². The molecule has 7 nitrogen and oxygen atoms in total. The number of nitrogens with zero attached hydrogens (tertiary/aromatic N) is 1. The highest BCUT2D eigenvalue weighted by molar-refractivity contribution is 5.96. The Morgan fingerprint density at radius 2 is 1.86 bits per heavy atom. The van der Waals surface area contributed by atoms with Crippen LogP contribution < -0.4 is 5.32 Å². The lowest BCUT2D eigenvalue weighted by atomic mass is 9.83. The van der Waals surface area contributed by atoms with Gasteiger partial charge in [-0.1, -0.05) is 48.0 Å². The molecule has 1 aliphatic rings. The van der Waals surface area contributed by atoms with Crippen LogP contribution in [0.1, 0.15) is 36.0 Å². The van der Waals surface area contributed by atoms with Gasteiger partial charge in [0.05, 0.1) is 10.5 Å². The Bertz CT molecular complexity index is 963. The molecule has 1 aliphatic heterocycles. The first-order valence-electron chi connectivity index (χ1n) is 8.83. The van der Waals surface area contributed by atoms with Crippen molar-refractivity contribution in [1.29, 1.82) is 0 Å². The molecule has 2 aromatic rings. The van der Waals surface area contributed by atoms with E-state index in [2.05, 4.69) is 5.32 Å². The van der Waals surface area contributed by atoms with E-state index in [1.807, 2.05) is 31.2 Å². The van der Waals surface area contributed by atoms with Gasteiger partial charge in [0.2, 0.25) is 5.91 Å². The number of amides is 1. The standard InChI is InChI=1S/C21H20N2O5/c1-13-7-9-15(10-8-13)12-28-21(25)20-14(2)22-19(24)11-17(20)16-5-3-4-6-18(16)23(26)27/h3-10,17H,11-12H2,1-2H3,(H,22,24)/t17-/m0/s1. The van der Waals surface area contributed by atoms with Gasteiger partial charge >= 0.3 is 5.97 Å². The number of hydrogen-bond donors (Lipinski definition) is 1. The largest absolute Gasteiger partial charge is 0.457 e. The van der Waals surface area contributed by atoms with Crippen LogP contribution in [-0.2, 0) is 20.9 Å². The highest BCUT2D eigenvalue weighted by Gasteiger charge is 2.36. The van der Waals surface area contributed by atoms with E-state index in [9.17, 15) is 19.7 Å². The molecule has 0 radical (unpaired) electrons. The fourth-order valence-corrected chi connectivity index (χ4v) is 3.30. The number of hydrogen-bond acceptors (Lipinski definition) is 5. The third kappa shape index (κ3) is 4.09. The number of esters is 1. The Morgan fingerprint density at radius 3 is 2.54 bits per heavy atom. The molecule has 7 heteroatoms. The van der Waals surface area contributed by atoms with Crippen LogP contribution in [-0.4, -0.2) is 16.8 Å². The highest BCUT2D eigenvalue weighted by Crippen LogP contribution is 2.38. The summed E-state index contributed by atoms with van der Waals surface area (Å²) in [6, 6.07) is 13.7. The lowest BCUT2D eigenvalue weighted by Gasteiger charge is -2.26. The number of nitro benzene ring substituents is 1. The lowest BCUT2D eigenvalue weighted by Crippen LogP contribution is -2.34. The smallest absolute Gasteiger partial charge is 0.336 e. The third-order valence-corrected chi connectivity index (χ3v) is 4.69. The fourth-order valence-electron chi connectivity index (χ4n) is 3.30. The van der Waals surface area contributed by atoms with Gasteiger partial charge in [-0.3, -0.25) is 14.9 Å². The van der Waals surface area contributed by atoms with Crippen LogP contribution >= 0.6 is 0 Å². The van der Waals surface area contributed by atoms with E-state index < -0.39 is 16.8 Å². The second-order valence-electron chi connectivity index (χ2n) is 6.72. The molecule has 0 bridgehead atoms. The van der Waals surface area contributed by atoms with Gasteiger partial charge in [0, 0.05) is 29.7 Å². The molecule has 0 aliphatic carbocycles. The number of benzene rings is 2. The zero-order valence-electron chi connectivity index (χ0n) is 15.6. The van der Waals surface area contributed by atoms with Crippen molar-refractivity contribution in [1.82, 2.24) is 5.32 Å². The van der Waals surface area contributed by atoms with Gasteiger partial charge in [-0.2, -0.15) is 0 Å². The molecule has 144 valence electrons. The van der Waals surface area contributed by atoms with E-state index in [0.717, 1.165) is 11.1 Å². The third-order valence-electron chi connectivity index (χ3n) is 4.69. The minimum absolute atomic E-state index is 0.0584. The van der Waals surface area contributed by atoms with Crippen molar-refractivity contribution < 1.29 is 19.2 Å². The van der Waals surface area contributed by atoms with E-state index in [-0.39, 0.29) is 30.2 Å². The monoisotopic (exact) mass is 380 g/mol. The predicted molar refractivity (Wildman–Crippen MR) is 102 cm³/mol. The molecule has 0 saturated heterocycles. The van der Waals surface area contributed by atoms with Crippen LogP contribution in [0.25, 0.3) is 0 Å². The maximum absolute atomic E-state index is 12.8. The first-order chi connectivity index (χ1) is 13.4. The Balaban J connectivity index is 1.90. The van der Waals surface area contributed by atoms with Crippen LogP contribution in [0, 0.1) is 17.0 Å². The second-order valence-corrected chi connectivity index (χ2v) is 6.72. The van der Waals surface area contributed by atoms with Crippen molar-refractivity contribution >= 4 is 17.6 Å². The summed E-state index contributed by atoms with van der Waals surface area (Å²) in [7, 11) is 0. The molecule has 28 heavy (non-hydrogen) atoms. The van der Waals surface area contributed by atoms with Crippen molar-refractivity contribution in [2.75, 3.05) is 0 Å². The normalized spacial score (nSPS) is 16.5. The summed E-state index contributed by atoms with van der Waals surface area (Å²) >= 11 is 0. The van der Waals surface area contributed by atoms with Crippen LogP contribution in [0.15, 0.2) is 59.8 Å². The molecule has 0 fully saturated rings. The van der Waals surface area contributed by atoms with Crippen molar-refractivity contribution in [2.24, 2.45) is 0 Å². The SMILES string of the molecule is CC1=C(C(=O)OCc2ccc(C)cc2)[C@H](c2ccccc2[N+](=O)[O-])CC(=O)N1. The maximum atomic E-state index is 12.8. The number of carbonyl (C=O) groups excluding carboxylic acids is 2. The number of carbonyl (C=O) groups is 2. The molecule has 2 aromatic carbocycles. The van der Waals surface area contributed by atoms with Crippen LogP contribution in [0.5, 0.6) is 0 Å². The summed E-state index contributed by atoms with van der Waals surface area (Å²) in [4.78, 5) is 35.8. The Labute approximate surface area is 162 Å². The van der Waals surface area contributed by atoms with E-state index in [1.54, 1.807) is 25.1 Å². The molecule has 0 saturated carbocycles. The van der Waals surface area contributed by atoms with Crippen molar-refractivity contribution in [3.05, 3.63) is 86.6 Å². The van der Waals surface area contributed by atoms with E-state index >= 15 is 0 Å². The predicted octanol–water partition coefficient (Wildman–Crippen LogP) is 3.52. The van der Waals surface area contributed by atoms with Crippen LogP contribution in [0.4, 0.5) is 5.69 Å². The van der Waals surface area contributed by atoms with Crippen molar-refractivity contribution in [3.8, 4) is 0 Å². The van der Waals surface area contributed by atoms with E-state index in [1.165, 1.54) is 6.07 Å². The molecular weight excluding hydrogens is 360 g/mol.